The van der Waals surface area contributed by atoms with Crippen molar-refractivity contribution in [2.75, 3.05) is 19.5 Å². The maximum Gasteiger partial charge on any atom is 0.307 e. The largest absolute Gasteiger partial charge is 0.497 e. The van der Waals surface area contributed by atoms with E-state index in [1.165, 1.54) is 0 Å². The Balaban J connectivity index is 2.30. The van der Waals surface area contributed by atoms with E-state index < -0.39 is 11.9 Å². The van der Waals surface area contributed by atoms with Crippen molar-refractivity contribution < 1.29 is 19.4 Å². The van der Waals surface area contributed by atoms with Gasteiger partial charge in [0.25, 0.3) is 0 Å². The van der Waals surface area contributed by atoms with Crippen LogP contribution < -0.4 is 9.47 Å². The number of hydrogen-bond donors (Lipinski definition) is 2. The molecule has 1 N–H and O–H groups in total. The number of ether oxygens (including phenoxy) is 2. The molecule has 0 unspecified atom stereocenters. The van der Waals surface area contributed by atoms with Crippen molar-refractivity contribution in [2.24, 2.45) is 5.92 Å². The Bertz CT molecular complexity index is 381. The van der Waals surface area contributed by atoms with Crippen molar-refractivity contribution >= 4 is 18.6 Å². The van der Waals surface area contributed by atoms with Crippen LogP contribution in [0.3, 0.4) is 0 Å². The average Bonchev–Trinajstić information content (AvgIpc) is 2.38. The fourth-order valence-corrected chi connectivity index (χ4v) is 1.84. The van der Waals surface area contributed by atoms with Crippen molar-refractivity contribution in [1.29, 1.82) is 0 Å². The molecule has 100 valence electrons. The lowest BCUT2D eigenvalue weighted by Gasteiger charge is -2.10. The van der Waals surface area contributed by atoms with Crippen LogP contribution in [0, 0.1) is 5.92 Å². The van der Waals surface area contributed by atoms with E-state index in [1.54, 1.807) is 13.2 Å². The van der Waals surface area contributed by atoms with Gasteiger partial charge in [-0.2, -0.15) is 12.6 Å². The molecule has 0 aliphatic rings. The standard InChI is InChI=1S/C13H18O4S/c1-16-11-5-2-6-12(8-11)17-7-3-4-10(9-18)13(14)15/h2,5-6,8,10,18H,3-4,7,9H2,1H3,(H,14,15)/t10-/m1/s1. The predicted molar refractivity (Wildman–Crippen MR) is 72.7 cm³/mol. The van der Waals surface area contributed by atoms with Crippen LogP contribution in [-0.4, -0.2) is 30.5 Å². The summed E-state index contributed by atoms with van der Waals surface area (Å²) in [6, 6.07) is 7.33. The van der Waals surface area contributed by atoms with Gasteiger partial charge in [0.1, 0.15) is 11.5 Å². The second kappa shape index (κ2) is 7.87. The third kappa shape index (κ3) is 4.87. The second-order valence-corrected chi connectivity index (χ2v) is 4.25. The molecule has 0 saturated carbocycles. The van der Waals surface area contributed by atoms with Crippen LogP contribution in [0.1, 0.15) is 12.8 Å². The molecule has 0 fully saturated rings. The molecule has 0 bridgehead atoms. The highest BCUT2D eigenvalue weighted by atomic mass is 32.1. The molecule has 1 rings (SSSR count). The fraction of sp³-hybridized carbons (Fsp3) is 0.462. The number of benzene rings is 1. The van der Waals surface area contributed by atoms with Gasteiger partial charge in [0.2, 0.25) is 0 Å². The van der Waals surface area contributed by atoms with Crippen molar-refractivity contribution in [2.45, 2.75) is 12.8 Å². The van der Waals surface area contributed by atoms with E-state index >= 15 is 0 Å². The second-order valence-electron chi connectivity index (χ2n) is 3.89. The Hall–Kier alpha value is -1.36. The number of carboxylic acids is 1. The number of carbonyl (C=O) groups is 1. The molecule has 0 aliphatic carbocycles. The maximum atomic E-state index is 10.8. The normalized spacial score (nSPS) is 11.9. The minimum atomic E-state index is -0.800. The summed E-state index contributed by atoms with van der Waals surface area (Å²) in [7, 11) is 1.60. The molecular formula is C13H18O4S. The minimum absolute atomic E-state index is 0.356. The molecule has 1 aromatic rings. The van der Waals surface area contributed by atoms with Gasteiger partial charge >= 0.3 is 5.97 Å². The summed E-state index contributed by atoms with van der Waals surface area (Å²) in [5, 5.41) is 8.85. The lowest BCUT2D eigenvalue weighted by Crippen LogP contribution is -2.16. The first-order valence-corrected chi connectivity index (χ1v) is 6.41. The molecule has 0 radical (unpaired) electrons. The van der Waals surface area contributed by atoms with Crippen LogP contribution in [-0.2, 0) is 4.79 Å². The van der Waals surface area contributed by atoms with Gasteiger partial charge in [-0.1, -0.05) is 6.07 Å². The zero-order chi connectivity index (χ0) is 13.4. The summed E-state index contributed by atoms with van der Waals surface area (Å²) in [6.45, 7) is 0.491. The third-order valence-electron chi connectivity index (χ3n) is 2.58. The summed E-state index contributed by atoms with van der Waals surface area (Å²) >= 11 is 4.01. The van der Waals surface area contributed by atoms with Crippen LogP contribution in [0.15, 0.2) is 24.3 Å². The highest BCUT2D eigenvalue weighted by Gasteiger charge is 2.14. The summed E-state index contributed by atoms with van der Waals surface area (Å²) in [5.41, 5.74) is 0. The Morgan fingerprint density at radius 2 is 2.17 bits per heavy atom. The predicted octanol–water partition coefficient (Wildman–Crippen LogP) is 2.48. The monoisotopic (exact) mass is 270 g/mol. The molecule has 1 atom stereocenters. The van der Waals surface area contributed by atoms with Crippen molar-refractivity contribution in [1.82, 2.24) is 0 Å². The lowest BCUT2D eigenvalue weighted by atomic mass is 10.1. The quantitative estimate of drug-likeness (QED) is 0.563. The molecule has 0 aromatic heterocycles. The summed E-state index contributed by atoms with van der Waals surface area (Å²) in [5.74, 6) is 0.626. The van der Waals surface area contributed by atoms with Crippen LogP contribution >= 0.6 is 12.6 Å². The van der Waals surface area contributed by atoms with Gasteiger partial charge in [0, 0.05) is 11.8 Å². The molecule has 5 heteroatoms. The van der Waals surface area contributed by atoms with E-state index in [0.717, 1.165) is 11.5 Å². The number of hydrogen-bond acceptors (Lipinski definition) is 4. The molecule has 0 spiro atoms. The lowest BCUT2D eigenvalue weighted by molar-refractivity contribution is -0.141. The van der Waals surface area contributed by atoms with Crippen LogP contribution in [0.25, 0.3) is 0 Å². The highest BCUT2D eigenvalue weighted by Crippen LogP contribution is 2.19. The fourth-order valence-electron chi connectivity index (χ4n) is 1.50. The van der Waals surface area contributed by atoms with Crippen molar-refractivity contribution in [3.63, 3.8) is 0 Å². The molecule has 4 nitrogen and oxygen atoms in total. The smallest absolute Gasteiger partial charge is 0.307 e. The number of aliphatic carboxylic acids is 1. The number of rotatable bonds is 8. The van der Waals surface area contributed by atoms with Crippen LogP contribution in [0.4, 0.5) is 0 Å². The third-order valence-corrected chi connectivity index (χ3v) is 3.02. The molecule has 0 saturated heterocycles. The zero-order valence-electron chi connectivity index (χ0n) is 10.3. The summed E-state index contributed by atoms with van der Waals surface area (Å²) < 4.78 is 10.6. The highest BCUT2D eigenvalue weighted by molar-refractivity contribution is 7.80. The maximum absolute atomic E-state index is 10.8. The Morgan fingerprint density at radius 1 is 1.44 bits per heavy atom. The van der Waals surface area contributed by atoms with Crippen LogP contribution in [0.5, 0.6) is 11.5 Å². The average molecular weight is 270 g/mol. The Kier molecular flexibility index (Phi) is 6.43. The van der Waals surface area contributed by atoms with E-state index in [4.69, 9.17) is 14.6 Å². The Morgan fingerprint density at radius 3 is 2.78 bits per heavy atom. The van der Waals surface area contributed by atoms with E-state index in [2.05, 4.69) is 12.6 Å². The summed E-state index contributed by atoms with van der Waals surface area (Å²) in [6.07, 6.45) is 1.26. The first-order valence-electron chi connectivity index (χ1n) is 5.78. The van der Waals surface area contributed by atoms with E-state index in [9.17, 15) is 4.79 Å². The van der Waals surface area contributed by atoms with E-state index in [0.29, 0.717) is 25.2 Å². The molecule has 0 heterocycles. The molecule has 18 heavy (non-hydrogen) atoms. The first-order chi connectivity index (χ1) is 8.67. The zero-order valence-corrected chi connectivity index (χ0v) is 11.2. The number of carboxylic acid groups (broad SMARTS) is 1. The van der Waals surface area contributed by atoms with E-state index in [1.807, 2.05) is 18.2 Å². The van der Waals surface area contributed by atoms with Gasteiger partial charge in [-0.25, -0.2) is 0 Å². The minimum Gasteiger partial charge on any atom is -0.497 e. The number of methoxy groups -OCH3 is 1. The SMILES string of the molecule is COc1cccc(OCCC[C@H](CS)C(=O)O)c1. The summed E-state index contributed by atoms with van der Waals surface area (Å²) in [4.78, 5) is 10.8. The van der Waals surface area contributed by atoms with Gasteiger partial charge in [-0.15, -0.1) is 0 Å². The number of thiol groups is 1. The first kappa shape index (κ1) is 14.7. The molecule has 0 aliphatic heterocycles. The molecule has 1 aromatic carbocycles. The van der Waals surface area contributed by atoms with Crippen molar-refractivity contribution in [3.05, 3.63) is 24.3 Å². The van der Waals surface area contributed by atoms with Gasteiger partial charge in [0.05, 0.1) is 19.6 Å². The van der Waals surface area contributed by atoms with E-state index in [-0.39, 0.29) is 0 Å². The molecule has 0 amide bonds. The van der Waals surface area contributed by atoms with Gasteiger partial charge < -0.3 is 14.6 Å². The Labute approximate surface area is 112 Å². The van der Waals surface area contributed by atoms with Gasteiger partial charge in [-0.3, -0.25) is 4.79 Å². The van der Waals surface area contributed by atoms with Crippen LogP contribution in [0.2, 0.25) is 0 Å². The molecular weight excluding hydrogens is 252 g/mol. The van der Waals surface area contributed by atoms with Gasteiger partial charge in [-0.05, 0) is 25.0 Å². The van der Waals surface area contributed by atoms with Crippen molar-refractivity contribution in [3.8, 4) is 11.5 Å². The topological polar surface area (TPSA) is 55.8 Å². The van der Waals surface area contributed by atoms with Gasteiger partial charge in [0.15, 0.2) is 0 Å².